The van der Waals surface area contributed by atoms with Crippen LogP contribution in [0.15, 0.2) is 41.9 Å². The number of aryl methyl sites for hydroxylation is 1. The van der Waals surface area contributed by atoms with Crippen LogP contribution in [0.25, 0.3) is 11.1 Å². The van der Waals surface area contributed by atoms with Gasteiger partial charge in [0.2, 0.25) is 5.92 Å². The maximum atomic E-state index is 14.0. The second-order valence-electron chi connectivity index (χ2n) is 8.78. The number of carbonyl (C=O) groups is 1. The molecule has 9 nitrogen and oxygen atoms in total. The summed E-state index contributed by atoms with van der Waals surface area (Å²) in [4.78, 5) is 23.8. The molecule has 0 aliphatic carbocycles. The van der Waals surface area contributed by atoms with Gasteiger partial charge >= 0.3 is 0 Å². The van der Waals surface area contributed by atoms with Crippen LogP contribution in [0.5, 0.6) is 0 Å². The fourth-order valence-electron chi connectivity index (χ4n) is 4.12. The second kappa shape index (κ2) is 9.33. The van der Waals surface area contributed by atoms with Crippen LogP contribution in [0.2, 0.25) is 0 Å². The first-order valence-electron chi connectivity index (χ1n) is 11.1. The van der Waals surface area contributed by atoms with Gasteiger partial charge in [0.15, 0.2) is 0 Å². The molecule has 2 N–H and O–H groups in total. The molecule has 12 heteroatoms. The van der Waals surface area contributed by atoms with E-state index in [-0.39, 0.29) is 36.4 Å². The summed E-state index contributed by atoms with van der Waals surface area (Å²) in [6.07, 6.45) is 7.48. The number of hydrogen-bond acceptors (Lipinski definition) is 7. The van der Waals surface area contributed by atoms with Crippen molar-refractivity contribution in [1.82, 2.24) is 19.7 Å². The van der Waals surface area contributed by atoms with Crippen LogP contribution in [0.3, 0.4) is 0 Å². The zero-order chi connectivity index (χ0) is 25.4. The lowest BCUT2D eigenvalue weighted by molar-refractivity contribution is -0.0102. The number of rotatable bonds is 5. The zero-order valence-corrected chi connectivity index (χ0v) is 20.5. The maximum Gasteiger partial charge on any atom is 0.259 e. The van der Waals surface area contributed by atoms with E-state index >= 15 is 0 Å². The summed E-state index contributed by atoms with van der Waals surface area (Å²) in [6.45, 7) is 2.21. The van der Waals surface area contributed by atoms with Crippen molar-refractivity contribution in [2.75, 3.05) is 29.6 Å². The van der Waals surface area contributed by atoms with Gasteiger partial charge in [-0.2, -0.15) is 5.10 Å². The number of anilines is 2. The standard InChI is InChI=1S/C23H27F2N7O2S/c1-15-18(16-12-29-31(2)14-16)13-28-21(32-9-4-6-23(24,25)7-10-32)20(15)22(33)30-17-5-8-27-19(11-17)35(3,26)34/h5,8,11-14,26H,4,6-7,9-10H2,1-3H3,(H,27,30,33)/t35-/m1/s1. The fourth-order valence-corrected chi connectivity index (χ4v) is 4.74. The van der Waals surface area contributed by atoms with Crippen molar-refractivity contribution >= 4 is 27.1 Å². The van der Waals surface area contributed by atoms with Gasteiger partial charge in [0, 0.05) is 74.6 Å². The van der Waals surface area contributed by atoms with E-state index in [4.69, 9.17) is 4.78 Å². The van der Waals surface area contributed by atoms with Crippen molar-refractivity contribution in [2.24, 2.45) is 7.05 Å². The van der Waals surface area contributed by atoms with E-state index in [0.717, 1.165) is 5.56 Å². The summed E-state index contributed by atoms with van der Waals surface area (Å²) >= 11 is 0. The molecule has 1 saturated heterocycles. The van der Waals surface area contributed by atoms with Crippen LogP contribution in [0, 0.1) is 11.7 Å². The van der Waals surface area contributed by atoms with Crippen molar-refractivity contribution < 1.29 is 17.8 Å². The minimum absolute atomic E-state index is 0.0456. The first-order valence-corrected chi connectivity index (χ1v) is 13.0. The van der Waals surface area contributed by atoms with Gasteiger partial charge in [-0.25, -0.2) is 27.7 Å². The molecule has 1 amide bonds. The first-order chi connectivity index (χ1) is 16.4. The van der Waals surface area contributed by atoms with Gasteiger partial charge in [-0.05, 0) is 31.0 Å². The summed E-state index contributed by atoms with van der Waals surface area (Å²) in [5.74, 6) is -2.91. The van der Waals surface area contributed by atoms with E-state index < -0.39 is 21.6 Å². The third-order valence-corrected chi connectivity index (χ3v) is 6.99. The molecule has 0 radical (unpaired) electrons. The molecular formula is C23H27F2N7O2S. The highest BCUT2D eigenvalue weighted by atomic mass is 32.2. The Morgan fingerprint density at radius 1 is 1.23 bits per heavy atom. The van der Waals surface area contributed by atoms with E-state index in [9.17, 15) is 17.8 Å². The van der Waals surface area contributed by atoms with Crippen LogP contribution in [-0.4, -0.2) is 55.1 Å². The van der Waals surface area contributed by atoms with Crippen LogP contribution in [0.4, 0.5) is 20.3 Å². The summed E-state index contributed by atoms with van der Waals surface area (Å²) in [7, 11) is -1.30. The molecular weight excluding hydrogens is 476 g/mol. The molecule has 1 aliphatic rings. The average Bonchev–Trinajstić information content (AvgIpc) is 3.12. The maximum absolute atomic E-state index is 14.0. The minimum Gasteiger partial charge on any atom is -0.356 e. The van der Waals surface area contributed by atoms with Gasteiger partial charge in [0.25, 0.3) is 5.91 Å². The van der Waals surface area contributed by atoms with Gasteiger partial charge in [-0.1, -0.05) is 0 Å². The number of aromatic nitrogens is 4. The molecule has 3 aromatic rings. The predicted molar refractivity (Wildman–Crippen MR) is 129 cm³/mol. The highest BCUT2D eigenvalue weighted by Gasteiger charge is 2.33. The number of nitrogens with one attached hydrogen (secondary N) is 2. The Bertz CT molecular complexity index is 1370. The second-order valence-corrected chi connectivity index (χ2v) is 10.9. The summed E-state index contributed by atoms with van der Waals surface area (Å²) < 4.78 is 49.6. The van der Waals surface area contributed by atoms with Crippen molar-refractivity contribution in [3.8, 4) is 11.1 Å². The van der Waals surface area contributed by atoms with Gasteiger partial charge in [-0.3, -0.25) is 9.48 Å². The number of nitrogens with zero attached hydrogens (tertiary/aromatic N) is 5. The predicted octanol–water partition coefficient (Wildman–Crippen LogP) is 4.10. The van der Waals surface area contributed by atoms with Crippen LogP contribution in [-0.2, 0) is 16.8 Å². The highest BCUT2D eigenvalue weighted by molar-refractivity contribution is 7.91. The Hall–Kier alpha value is -3.41. The molecule has 0 spiro atoms. The van der Waals surface area contributed by atoms with Crippen LogP contribution >= 0.6 is 0 Å². The van der Waals surface area contributed by atoms with Gasteiger partial charge in [-0.15, -0.1) is 0 Å². The number of carbonyl (C=O) groups excluding carboxylic acids is 1. The molecule has 4 heterocycles. The smallest absolute Gasteiger partial charge is 0.259 e. The Morgan fingerprint density at radius 2 is 2.00 bits per heavy atom. The van der Waals surface area contributed by atoms with E-state index in [2.05, 4.69) is 20.4 Å². The van der Waals surface area contributed by atoms with E-state index in [1.807, 2.05) is 0 Å². The third kappa shape index (κ3) is 5.47. The first kappa shape index (κ1) is 24.7. The van der Waals surface area contributed by atoms with Gasteiger partial charge < -0.3 is 10.2 Å². The molecule has 1 aliphatic heterocycles. The summed E-state index contributed by atoms with van der Waals surface area (Å²) in [5, 5.41) is 7.02. The monoisotopic (exact) mass is 503 g/mol. The van der Waals surface area contributed by atoms with Crippen molar-refractivity contribution in [1.29, 1.82) is 4.78 Å². The van der Waals surface area contributed by atoms with Crippen molar-refractivity contribution in [3.05, 3.63) is 48.0 Å². The molecule has 1 atom stereocenters. The molecule has 35 heavy (non-hydrogen) atoms. The molecule has 0 unspecified atom stereocenters. The number of pyridine rings is 2. The molecule has 1 fully saturated rings. The molecule has 0 bridgehead atoms. The summed E-state index contributed by atoms with van der Waals surface area (Å²) in [6, 6.07) is 2.93. The average molecular weight is 504 g/mol. The lowest BCUT2D eigenvalue weighted by Crippen LogP contribution is -2.30. The topological polar surface area (TPSA) is 117 Å². The van der Waals surface area contributed by atoms with Crippen LogP contribution in [0.1, 0.15) is 35.2 Å². The molecule has 186 valence electrons. The Balaban J connectivity index is 1.77. The lowest BCUT2D eigenvalue weighted by Gasteiger charge is -2.25. The lowest BCUT2D eigenvalue weighted by atomic mass is 9.99. The molecule has 0 aromatic carbocycles. The van der Waals surface area contributed by atoms with Crippen LogP contribution < -0.4 is 10.2 Å². The molecule has 4 rings (SSSR count). The van der Waals surface area contributed by atoms with Gasteiger partial charge in [0.1, 0.15) is 10.8 Å². The third-order valence-electron chi connectivity index (χ3n) is 5.97. The Kier molecular flexibility index (Phi) is 6.58. The van der Waals surface area contributed by atoms with Crippen molar-refractivity contribution in [3.63, 3.8) is 0 Å². The fraction of sp³-hybridized carbons (Fsp3) is 0.391. The number of halogens is 2. The number of alkyl halides is 2. The van der Waals surface area contributed by atoms with E-state index in [1.165, 1.54) is 24.6 Å². The number of hydrogen-bond donors (Lipinski definition) is 2. The zero-order valence-electron chi connectivity index (χ0n) is 19.7. The SMILES string of the molecule is Cc1c(-c2cnn(C)c2)cnc(N2CCCC(F)(F)CC2)c1C(=O)Nc1ccnc([S@](C)(=N)=O)c1. The minimum atomic E-state index is -3.08. The van der Waals surface area contributed by atoms with Gasteiger partial charge in [0.05, 0.1) is 21.5 Å². The normalized spacial score (nSPS) is 17.5. The quantitative estimate of drug-likeness (QED) is 0.542. The number of amides is 1. The summed E-state index contributed by atoms with van der Waals surface area (Å²) in [5.41, 5.74) is 2.68. The van der Waals surface area contributed by atoms with E-state index in [1.54, 1.807) is 42.1 Å². The Morgan fingerprint density at radius 3 is 2.69 bits per heavy atom. The Labute approximate surface area is 202 Å². The highest BCUT2D eigenvalue weighted by Crippen LogP contribution is 2.34. The van der Waals surface area contributed by atoms with E-state index in [0.29, 0.717) is 29.2 Å². The largest absolute Gasteiger partial charge is 0.356 e. The van der Waals surface area contributed by atoms with Crippen molar-refractivity contribution in [2.45, 2.75) is 37.1 Å². The molecule has 3 aromatic heterocycles. The molecule has 0 saturated carbocycles.